The summed E-state index contributed by atoms with van der Waals surface area (Å²) in [6.07, 6.45) is -0.0848. The van der Waals surface area contributed by atoms with E-state index in [1.165, 1.54) is 6.07 Å². The van der Waals surface area contributed by atoms with Crippen LogP contribution in [0.2, 0.25) is 0 Å². The fourth-order valence-corrected chi connectivity index (χ4v) is 3.27. The minimum atomic E-state index is -1.13. The Labute approximate surface area is 148 Å². The topological polar surface area (TPSA) is 133 Å². The van der Waals surface area contributed by atoms with Crippen molar-refractivity contribution in [1.82, 2.24) is 15.5 Å². The maximum absolute atomic E-state index is 12.8. The molecular weight excluding hydrogens is 342 g/mol. The highest BCUT2D eigenvalue weighted by molar-refractivity contribution is 6.24. The van der Waals surface area contributed by atoms with Crippen LogP contribution in [0.15, 0.2) is 18.2 Å². The first kappa shape index (κ1) is 17.6. The van der Waals surface area contributed by atoms with Crippen molar-refractivity contribution in [2.45, 2.75) is 31.7 Å². The van der Waals surface area contributed by atoms with Gasteiger partial charge in [0.05, 0.1) is 11.1 Å². The van der Waals surface area contributed by atoms with Gasteiger partial charge in [-0.2, -0.15) is 0 Å². The number of imide groups is 2. The van der Waals surface area contributed by atoms with Crippen LogP contribution in [-0.2, 0) is 16.0 Å². The van der Waals surface area contributed by atoms with Crippen molar-refractivity contribution in [1.29, 1.82) is 0 Å². The van der Waals surface area contributed by atoms with E-state index >= 15 is 0 Å². The van der Waals surface area contributed by atoms with Crippen molar-refractivity contribution >= 4 is 29.7 Å². The molecule has 0 aromatic heterocycles. The largest absolute Gasteiger partial charge is 0.465 e. The summed E-state index contributed by atoms with van der Waals surface area (Å²) < 4.78 is 0. The summed E-state index contributed by atoms with van der Waals surface area (Å²) >= 11 is 0. The molecule has 1 aromatic rings. The van der Waals surface area contributed by atoms with Crippen LogP contribution in [0.5, 0.6) is 0 Å². The molecule has 3 N–H and O–H groups in total. The SMILES string of the molecule is O=C(O)NCCCc1cccc2c1C(=O)N(C1CCC(=O)NC1=O)C2=O. The highest BCUT2D eigenvalue weighted by Gasteiger charge is 2.45. The standard InChI is InChI=1S/C17H17N3O6/c21-12-7-6-11(14(22)19-12)20-15(23)10-5-1-3-9(13(10)16(20)24)4-2-8-18-17(25)26/h1,3,5,11,18H,2,4,6-8H2,(H,25,26)(H,19,21,22). The summed E-state index contributed by atoms with van der Waals surface area (Å²) in [5, 5.41) is 13.0. The van der Waals surface area contributed by atoms with Crippen LogP contribution < -0.4 is 10.6 Å². The van der Waals surface area contributed by atoms with Crippen LogP contribution in [0.3, 0.4) is 0 Å². The van der Waals surface area contributed by atoms with Gasteiger partial charge in [0.1, 0.15) is 6.04 Å². The molecular formula is C17H17N3O6. The lowest BCUT2D eigenvalue weighted by atomic mass is 9.99. The lowest BCUT2D eigenvalue weighted by molar-refractivity contribution is -0.136. The van der Waals surface area contributed by atoms with Crippen molar-refractivity contribution in [2.24, 2.45) is 0 Å². The number of carbonyl (C=O) groups excluding carboxylic acids is 4. The van der Waals surface area contributed by atoms with Crippen molar-refractivity contribution in [3.8, 4) is 0 Å². The molecule has 1 unspecified atom stereocenters. The predicted octanol–water partition coefficient (Wildman–Crippen LogP) is 0.288. The predicted molar refractivity (Wildman–Crippen MR) is 87.5 cm³/mol. The Morgan fingerprint density at radius 3 is 2.69 bits per heavy atom. The third-order valence-electron chi connectivity index (χ3n) is 4.45. The number of piperidine rings is 1. The van der Waals surface area contributed by atoms with Gasteiger partial charge in [0.25, 0.3) is 11.8 Å². The van der Waals surface area contributed by atoms with Crippen molar-refractivity contribution in [3.05, 3.63) is 34.9 Å². The minimum absolute atomic E-state index is 0.0670. The maximum atomic E-state index is 12.8. The molecule has 3 rings (SSSR count). The first-order chi connectivity index (χ1) is 12.4. The van der Waals surface area contributed by atoms with E-state index in [2.05, 4.69) is 10.6 Å². The van der Waals surface area contributed by atoms with E-state index in [0.29, 0.717) is 18.4 Å². The summed E-state index contributed by atoms with van der Waals surface area (Å²) in [6.45, 7) is 0.220. The first-order valence-corrected chi connectivity index (χ1v) is 8.20. The van der Waals surface area contributed by atoms with Crippen LogP contribution in [0.1, 0.15) is 45.5 Å². The lowest BCUT2D eigenvalue weighted by Crippen LogP contribution is -2.54. The molecule has 5 amide bonds. The van der Waals surface area contributed by atoms with Crippen molar-refractivity contribution < 1.29 is 29.1 Å². The molecule has 9 nitrogen and oxygen atoms in total. The zero-order chi connectivity index (χ0) is 18.8. The van der Waals surface area contributed by atoms with Gasteiger partial charge in [-0.15, -0.1) is 0 Å². The first-order valence-electron chi connectivity index (χ1n) is 8.20. The number of nitrogens with zero attached hydrogens (tertiary/aromatic N) is 1. The molecule has 0 radical (unpaired) electrons. The summed E-state index contributed by atoms with van der Waals surface area (Å²) in [4.78, 5) is 60.2. The van der Waals surface area contributed by atoms with Gasteiger partial charge in [-0.25, -0.2) is 4.79 Å². The maximum Gasteiger partial charge on any atom is 0.404 e. The van der Waals surface area contributed by atoms with E-state index in [0.717, 1.165) is 4.90 Å². The molecule has 136 valence electrons. The number of amides is 5. The van der Waals surface area contributed by atoms with Crippen LogP contribution >= 0.6 is 0 Å². The molecule has 1 aromatic carbocycles. The number of fused-ring (bicyclic) bond motifs is 1. The Hall–Kier alpha value is -3.23. The molecule has 0 aliphatic carbocycles. The van der Waals surface area contributed by atoms with Crippen LogP contribution in [0.4, 0.5) is 4.79 Å². The number of rotatable bonds is 5. The number of hydrogen-bond donors (Lipinski definition) is 3. The highest BCUT2D eigenvalue weighted by Crippen LogP contribution is 2.30. The monoisotopic (exact) mass is 359 g/mol. The number of benzene rings is 1. The van der Waals surface area contributed by atoms with Crippen LogP contribution in [0, 0.1) is 0 Å². The summed E-state index contributed by atoms with van der Waals surface area (Å²) in [5.74, 6) is -2.18. The molecule has 1 atom stereocenters. The second-order valence-corrected chi connectivity index (χ2v) is 6.12. The molecule has 0 bridgehead atoms. The average Bonchev–Trinajstić information content (AvgIpc) is 2.84. The van der Waals surface area contributed by atoms with Crippen molar-refractivity contribution in [2.75, 3.05) is 6.54 Å². The molecule has 2 heterocycles. The molecule has 0 spiro atoms. The van der Waals surface area contributed by atoms with Gasteiger partial charge < -0.3 is 10.4 Å². The van der Waals surface area contributed by atoms with Crippen molar-refractivity contribution in [3.63, 3.8) is 0 Å². The van der Waals surface area contributed by atoms with E-state index in [1.54, 1.807) is 12.1 Å². The van der Waals surface area contributed by atoms with E-state index < -0.39 is 35.8 Å². The lowest BCUT2D eigenvalue weighted by Gasteiger charge is -2.27. The number of aryl methyl sites for hydroxylation is 1. The summed E-state index contributed by atoms with van der Waals surface area (Å²) in [5.41, 5.74) is 1.10. The van der Waals surface area contributed by atoms with Gasteiger partial charge in [0, 0.05) is 13.0 Å². The Balaban J connectivity index is 1.81. The Morgan fingerprint density at radius 2 is 2.00 bits per heavy atom. The van der Waals surface area contributed by atoms with E-state index in [4.69, 9.17) is 5.11 Å². The van der Waals surface area contributed by atoms with Gasteiger partial charge in [0.15, 0.2) is 0 Å². The zero-order valence-electron chi connectivity index (χ0n) is 13.8. The molecule has 2 aliphatic heterocycles. The van der Waals surface area contributed by atoms with Crippen LogP contribution in [-0.4, -0.2) is 52.3 Å². The van der Waals surface area contributed by atoms with Gasteiger partial charge in [-0.3, -0.25) is 29.4 Å². The van der Waals surface area contributed by atoms with Gasteiger partial charge >= 0.3 is 6.09 Å². The van der Waals surface area contributed by atoms with Gasteiger partial charge in [-0.05, 0) is 30.9 Å². The average molecular weight is 359 g/mol. The summed E-state index contributed by atoms with van der Waals surface area (Å²) in [7, 11) is 0. The Kier molecular flexibility index (Phi) is 4.70. The van der Waals surface area contributed by atoms with E-state index in [-0.39, 0.29) is 30.5 Å². The molecule has 1 fully saturated rings. The van der Waals surface area contributed by atoms with E-state index in [1.807, 2.05) is 0 Å². The Bertz CT molecular complexity index is 819. The molecule has 26 heavy (non-hydrogen) atoms. The third-order valence-corrected chi connectivity index (χ3v) is 4.45. The highest BCUT2D eigenvalue weighted by atomic mass is 16.4. The zero-order valence-corrected chi connectivity index (χ0v) is 13.8. The fraction of sp³-hybridized carbons (Fsp3) is 0.353. The normalized spacial score (nSPS) is 19.4. The number of nitrogens with one attached hydrogen (secondary N) is 2. The number of hydrogen-bond acceptors (Lipinski definition) is 5. The minimum Gasteiger partial charge on any atom is -0.465 e. The molecule has 2 aliphatic rings. The van der Waals surface area contributed by atoms with Gasteiger partial charge in [0.2, 0.25) is 11.8 Å². The number of carbonyl (C=O) groups is 5. The second-order valence-electron chi connectivity index (χ2n) is 6.12. The third kappa shape index (κ3) is 3.15. The van der Waals surface area contributed by atoms with E-state index in [9.17, 15) is 24.0 Å². The Morgan fingerprint density at radius 1 is 1.23 bits per heavy atom. The van der Waals surface area contributed by atoms with Gasteiger partial charge in [-0.1, -0.05) is 12.1 Å². The quantitative estimate of drug-likeness (QED) is 0.511. The summed E-state index contributed by atoms with van der Waals surface area (Å²) in [6, 6.07) is 3.89. The van der Waals surface area contributed by atoms with Crippen LogP contribution in [0.25, 0.3) is 0 Å². The fourth-order valence-electron chi connectivity index (χ4n) is 3.27. The number of carboxylic acid groups (broad SMARTS) is 1. The second kappa shape index (κ2) is 6.95. The molecule has 9 heteroatoms. The molecule has 1 saturated heterocycles. The smallest absolute Gasteiger partial charge is 0.404 e. The molecule has 0 saturated carbocycles.